The first-order valence-corrected chi connectivity index (χ1v) is 9.43. The number of aromatic nitrogens is 2. The van der Waals surface area contributed by atoms with Gasteiger partial charge in [0.15, 0.2) is 0 Å². The van der Waals surface area contributed by atoms with E-state index in [9.17, 15) is 45.8 Å². The van der Waals surface area contributed by atoms with Crippen molar-refractivity contribution in [2.75, 3.05) is 5.32 Å². The lowest BCUT2D eigenvalue weighted by Crippen LogP contribution is -2.51. The minimum Gasteiger partial charge on any atom is -0.480 e. The van der Waals surface area contributed by atoms with E-state index in [1.807, 2.05) is 10.6 Å². The highest BCUT2D eigenvalue weighted by molar-refractivity contribution is 5.94. The van der Waals surface area contributed by atoms with E-state index in [0.717, 1.165) is 6.92 Å². The van der Waals surface area contributed by atoms with Crippen LogP contribution in [0, 0.1) is 0 Å². The van der Waals surface area contributed by atoms with Gasteiger partial charge in [0.2, 0.25) is 5.91 Å². The number of urea groups is 1. The molecule has 0 spiro atoms. The predicted molar refractivity (Wildman–Crippen MR) is 105 cm³/mol. The molecule has 15 heteroatoms. The van der Waals surface area contributed by atoms with Gasteiger partial charge in [0.25, 0.3) is 0 Å². The van der Waals surface area contributed by atoms with Crippen LogP contribution in [0.2, 0.25) is 0 Å². The SMILES string of the molecule is C[C@H](NC(=O)Nc1cc(C(F)(F)F)cc(C(F)(F)F)c1)C(=O)N[C@@H](Cc1cn(C)cn1)C(=O)O. The van der Waals surface area contributed by atoms with Crippen LogP contribution in [0.15, 0.2) is 30.7 Å². The highest BCUT2D eigenvalue weighted by Gasteiger charge is 2.37. The van der Waals surface area contributed by atoms with Crippen LogP contribution in [0.3, 0.4) is 0 Å². The number of halogens is 6. The molecule has 0 radical (unpaired) electrons. The Hall–Kier alpha value is -3.78. The number of aryl methyl sites for hydroxylation is 1. The summed E-state index contributed by atoms with van der Waals surface area (Å²) in [5.74, 6) is -2.35. The molecule has 2 atom stereocenters. The third kappa shape index (κ3) is 7.38. The molecule has 3 amide bonds. The molecule has 0 aliphatic carbocycles. The molecular formula is C19H19F6N5O4. The minimum atomic E-state index is -5.11. The fourth-order valence-corrected chi connectivity index (χ4v) is 2.73. The Bertz CT molecular complexity index is 1030. The molecule has 0 fully saturated rings. The van der Waals surface area contributed by atoms with Crippen LogP contribution in [-0.2, 0) is 35.4 Å². The van der Waals surface area contributed by atoms with E-state index in [0.29, 0.717) is 17.8 Å². The van der Waals surface area contributed by atoms with Crippen LogP contribution in [0.4, 0.5) is 36.8 Å². The maximum Gasteiger partial charge on any atom is 0.416 e. The average molecular weight is 495 g/mol. The molecule has 1 aromatic carbocycles. The molecule has 0 saturated carbocycles. The highest BCUT2D eigenvalue weighted by Crippen LogP contribution is 2.37. The van der Waals surface area contributed by atoms with Crippen molar-refractivity contribution in [1.29, 1.82) is 0 Å². The van der Waals surface area contributed by atoms with E-state index in [2.05, 4.69) is 10.3 Å². The number of anilines is 1. The van der Waals surface area contributed by atoms with Crippen molar-refractivity contribution >= 4 is 23.6 Å². The van der Waals surface area contributed by atoms with Crippen LogP contribution in [0.25, 0.3) is 0 Å². The lowest BCUT2D eigenvalue weighted by molar-refractivity contribution is -0.143. The van der Waals surface area contributed by atoms with Crippen molar-refractivity contribution in [2.45, 2.75) is 37.8 Å². The molecule has 34 heavy (non-hydrogen) atoms. The normalized spacial score (nSPS) is 13.6. The van der Waals surface area contributed by atoms with Crippen molar-refractivity contribution in [3.05, 3.63) is 47.5 Å². The topological polar surface area (TPSA) is 125 Å². The number of aliphatic carboxylic acids is 1. The summed E-state index contributed by atoms with van der Waals surface area (Å²) in [6.07, 6.45) is -7.45. The number of hydrogen-bond donors (Lipinski definition) is 4. The summed E-state index contributed by atoms with van der Waals surface area (Å²) in [6, 6.07) is -3.59. The fraction of sp³-hybridized carbons (Fsp3) is 0.368. The smallest absolute Gasteiger partial charge is 0.416 e. The van der Waals surface area contributed by atoms with Gasteiger partial charge in [-0.3, -0.25) is 4.79 Å². The molecular weight excluding hydrogens is 476 g/mol. The number of imidazole rings is 1. The molecule has 0 bridgehead atoms. The van der Waals surface area contributed by atoms with Crippen molar-refractivity contribution in [3.63, 3.8) is 0 Å². The highest BCUT2D eigenvalue weighted by atomic mass is 19.4. The third-order valence-electron chi connectivity index (χ3n) is 4.37. The molecule has 0 saturated heterocycles. The van der Waals surface area contributed by atoms with Crippen molar-refractivity contribution in [3.8, 4) is 0 Å². The number of rotatable bonds is 7. The van der Waals surface area contributed by atoms with Crippen LogP contribution in [0.5, 0.6) is 0 Å². The maximum absolute atomic E-state index is 12.9. The van der Waals surface area contributed by atoms with Gasteiger partial charge in [-0.05, 0) is 25.1 Å². The van der Waals surface area contributed by atoms with E-state index in [1.165, 1.54) is 12.5 Å². The van der Waals surface area contributed by atoms with Gasteiger partial charge >= 0.3 is 24.4 Å². The van der Waals surface area contributed by atoms with Crippen LogP contribution >= 0.6 is 0 Å². The number of carbonyl (C=O) groups excluding carboxylic acids is 2. The Morgan fingerprint density at radius 1 is 1.03 bits per heavy atom. The zero-order valence-electron chi connectivity index (χ0n) is 17.6. The van der Waals surface area contributed by atoms with E-state index in [-0.39, 0.29) is 12.5 Å². The molecule has 186 valence electrons. The second-order valence-electron chi connectivity index (χ2n) is 7.25. The van der Waals surface area contributed by atoms with E-state index >= 15 is 0 Å². The van der Waals surface area contributed by atoms with Gasteiger partial charge in [0.1, 0.15) is 12.1 Å². The molecule has 0 aliphatic heterocycles. The number of carboxylic acid groups (broad SMARTS) is 1. The summed E-state index contributed by atoms with van der Waals surface area (Å²) >= 11 is 0. The fourth-order valence-electron chi connectivity index (χ4n) is 2.73. The number of nitrogens with one attached hydrogen (secondary N) is 3. The summed E-state index contributed by atoms with van der Waals surface area (Å²) in [5.41, 5.74) is -3.73. The average Bonchev–Trinajstić information content (AvgIpc) is 3.10. The largest absolute Gasteiger partial charge is 0.480 e. The second-order valence-corrected chi connectivity index (χ2v) is 7.25. The monoisotopic (exact) mass is 495 g/mol. The Morgan fingerprint density at radius 3 is 2.03 bits per heavy atom. The van der Waals surface area contributed by atoms with Crippen LogP contribution in [-0.4, -0.2) is 44.6 Å². The lowest BCUT2D eigenvalue weighted by Gasteiger charge is -2.19. The second kappa shape index (κ2) is 10.0. The van der Waals surface area contributed by atoms with Gasteiger partial charge in [-0.2, -0.15) is 26.3 Å². The van der Waals surface area contributed by atoms with Gasteiger partial charge in [-0.1, -0.05) is 0 Å². The zero-order chi connectivity index (χ0) is 25.8. The first-order valence-electron chi connectivity index (χ1n) is 9.43. The Labute approximate surface area is 188 Å². The summed E-state index contributed by atoms with van der Waals surface area (Å²) < 4.78 is 79.1. The van der Waals surface area contributed by atoms with Gasteiger partial charge in [0, 0.05) is 25.4 Å². The number of hydrogen-bond acceptors (Lipinski definition) is 4. The third-order valence-corrected chi connectivity index (χ3v) is 4.37. The van der Waals surface area contributed by atoms with Crippen molar-refractivity contribution < 1.29 is 45.8 Å². The number of alkyl halides is 6. The Morgan fingerprint density at radius 2 is 1.59 bits per heavy atom. The number of carbonyl (C=O) groups is 3. The van der Waals surface area contributed by atoms with E-state index in [4.69, 9.17) is 0 Å². The van der Waals surface area contributed by atoms with Gasteiger partial charge in [0.05, 0.1) is 23.1 Å². The summed E-state index contributed by atoms with van der Waals surface area (Å²) in [7, 11) is 1.65. The molecule has 2 rings (SSSR count). The van der Waals surface area contributed by atoms with E-state index in [1.54, 1.807) is 11.6 Å². The molecule has 0 aliphatic rings. The van der Waals surface area contributed by atoms with Crippen molar-refractivity contribution in [2.24, 2.45) is 7.05 Å². The Kier molecular flexibility index (Phi) is 7.79. The van der Waals surface area contributed by atoms with E-state index < -0.39 is 59.2 Å². The Balaban J connectivity index is 2.07. The molecule has 4 N–H and O–H groups in total. The minimum absolute atomic E-state index is 0.104. The van der Waals surface area contributed by atoms with Gasteiger partial charge in [-0.25, -0.2) is 14.6 Å². The van der Waals surface area contributed by atoms with Crippen molar-refractivity contribution in [1.82, 2.24) is 20.2 Å². The zero-order valence-corrected chi connectivity index (χ0v) is 17.6. The molecule has 0 unspecified atom stereocenters. The standard InChI is InChI=1S/C19H19F6N5O4/c1-9(15(31)29-14(16(32)33)6-13-7-30(2)8-26-13)27-17(34)28-12-4-10(18(20,21)22)3-11(5-12)19(23,24)25/h3-5,7-9,14H,6H2,1-2H3,(H,29,31)(H,32,33)(H2,27,28,34)/t9-,14-/m0/s1. The predicted octanol–water partition coefficient (Wildman–Crippen LogP) is 2.78. The van der Waals surface area contributed by atoms with Crippen LogP contribution < -0.4 is 16.0 Å². The molecule has 1 aromatic heterocycles. The van der Waals surface area contributed by atoms with Gasteiger partial charge in [-0.15, -0.1) is 0 Å². The summed E-state index contributed by atoms with van der Waals surface area (Å²) in [6.45, 7) is 1.14. The first-order chi connectivity index (χ1) is 15.6. The summed E-state index contributed by atoms with van der Waals surface area (Å²) in [5, 5.41) is 15.3. The van der Waals surface area contributed by atoms with Crippen LogP contribution in [0.1, 0.15) is 23.7 Å². The summed E-state index contributed by atoms with van der Waals surface area (Å²) in [4.78, 5) is 39.7. The molecule has 2 aromatic rings. The maximum atomic E-state index is 12.9. The first kappa shape index (κ1) is 26.5. The number of carboxylic acids is 1. The quantitative estimate of drug-likeness (QED) is 0.440. The number of amides is 3. The number of nitrogens with zero attached hydrogens (tertiary/aromatic N) is 2. The van der Waals surface area contributed by atoms with Gasteiger partial charge < -0.3 is 25.6 Å². The number of benzene rings is 1. The molecule has 1 heterocycles. The molecule has 9 nitrogen and oxygen atoms in total. The lowest BCUT2D eigenvalue weighted by atomic mass is 10.1.